The Morgan fingerprint density at radius 1 is 0.688 bits per heavy atom. The molecule has 0 N–H and O–H groups in total. The van der Waals surface area contributed by atoms with Crippen LogP contribution in [0.3, 0.4) is 0 Å². The Morgan fingerprint density at radius 3 is 1.50 bits per heavy atom. The fraction of sp³-hybridized carbons (Fsp3) is 0.409. The molecule has 2 rings (SSSR count). The van der Waals surface area contributed by atoms with E-state index >= 15 is 0 Å². The third-order valence-corrected chi connectivity index (χ3v) is 5.29. The summed E-state index contributed by atoms with van der Waals surface area (Å²) in [6.45, 7) is 4.08. The molecule has 1 nitrogen and oxygen atoms in total. The highest BCUT2D eigenvalue weighted by Crippen LogP contribution is 2.56. The van der Waals surface area contributed by atoms with Crippen molar-refractivity contribution in [3.63, 3.8) is 0 Å². The number of halogens is 9. The van der Waals surface area contributed by atoms with Crippen LogP contribution in [-0.4, -0.2) is 29.7 Å². The van der Waals surface area contributed by atoms with Crippen molar-refractivity contribution in [2.75, 3.05) is 0 Å². The van der Waals surface area contributed by atoms with Crippen molar-refractivity contribution in [3.8, 4) is 0 Å². The zero-order valence-corrected chi connectivity index (χ0v) is 17.1. The Hall–Kier alpha value is -2.52. The van der Waals surface area contributed by atoms with E-state index in [-0.39, 0.29) is 11.1 Å². The van der Waals surface area contributed by atoms with Crippen molar-refractivity contribution in [2.24, 2.45) is 0 Å². The van der Waals surface area contributed by atoms with Crippen LogP contribution in [0.1, 0.15) is 40.4 Å². The number of carbonyl (C=O) groups excluding carboxylic acids is 1. The fourth-order valence-corrected chi connectivity index (χ4v) is 3.22. The average Bonchev–Trinajstić information content (AvgIpc) is 2.67. The molecule has 0 radical (unpaired) electrons. The van der Waals surface area contributed by atoms with Crippen molar-refractivity contribution in [1.82, 2.24) is 0 Å². The molecule has 0 spiro atoms. The topological polar surface area (TPSA) is 17.1 Å². The maximum Gasteiger partial charge on any atom is 0.460 e. The van der Waals surface area contributed by atoms with Gasteiger partial charge < -0.3 is 0 Å². The number of carbonyl (C=O) groups is 1. The number of benzene rings is 2. The lowest BCUT2D eigenvalue weighted by atomic mass is 9.71. The zero-order chi connectivity index (χ0) is 24.8. The highest BCUT2D eigenvalue weighted by atomic mass is 19.4. The fourth-order valence-electron chi connectivity index (χ4n) is 3.22. The van der Waals surface area contributed by atoms with Gasteiger partial charge >= 0.3 is 23.9 Å². The van der Waals surface area contributed by atoms with Crippen LogP contribution in [0.2, 0.25) is 0 Å². The first-order valence-electron chi connectivity index (χ1n) is 9.25. The van der Waals surface area contributed by atoms with E-state index in [1.807, 2.05) is 0 Å². The molecule has 1 atom stereocenters. The summed E-state index contributed by atoms with van der Waals surface area (Å²) >= 11 is 0. The Labute approximate surface area is 178 Å². The second-order valence-corrected chi connectivity index (χ2v) is 7.92. The predicted molar refractivity (Wildman–Crippen MR) is 99.6 cm³/mol. The van der Waals surface area contributed by atoms with Crippen LogP contribution in [0.25, 0.3) is 0 Å². The monoisotopic (exact) mass is 470 g/mol. The number of rotatable bonds is 7. The van der Waals surface area contributed by atoms with Gasteiger partial charge in [0.1, 0.15) is 0 Å². The largest absolute Gasteiger partial charge is 0.460 e. The van der Waals surface area contributed by atoms with Gasteiger partial charge in [-0.1, -0.05) is 59.7 Å². The van der Waals surface area contributed by atoms with E-state index in [4.69, 9.17) is 0 Å². The third-order valence-electron chi connectivity index (χ3n) is 5.29. The van der Waals surface area contributed by atoms with Crippen molar-refractivity contribution in [1.29, 1.82) is 0 Å². The van der Waals surface area contributed by atoms with Gasteiger partial charge in [0.2, 0.25) is 0 Å². The first kappa shape index (κ1) is 25.7. The number of hydrogen-bond donors (Lipinski definition) is 0. The summed E-state index contributed by atoms with van der Waals surface area (Å²) in [4.78, 5) is 13.1. The molecule has 0 aromatic heterocycles. The standard InChI is InChI=1S/C22H19F9O/c1-13-4-8-15(9-5-13)17(32)18(3,16-10-6-14(2)7-11-16)12-19(23,24)20(25,26)21(27,28)22(29,30)31/h4-11H,12H2,1-3H3. The minimum atomic E-state index is -7.02. The van der Waals surface area contributed by atoms with Crippen LogP contribution in [0.15, 0.2) is 48.5 Å². The number of aryl methyl sites for hydroxylation is 2. The van der Waals surface area contributed by atoms with Gasteiger partial charge in [-0.25, -0.2) is 0 Å². The summed E-state index contributed by atoms with van der Waals surface area (Å²) in [7, 11) is 0. The summed E-state index contributed by atoms with van der Waals surface area (Å²) in [5, 5.41) is 0. The molecule has 0 saturated carbocycles. The molecule has 10 heteroatoms. The number of alkyl halides is 9. The van der Waals surface area contributed by atoms with Crippen molar-refractivity contribution < 1.29 is 44.3 Å². The SMILES string of the molecule is Cc1ccc(C(=O)C(C)(CC(F)(F)C(F)(F)C(F)(F)C(F)(F)F)c2ccc(C)cc2)cc1. The number of ketones is 1. The summed E-state index contributed by atoms with van der Waals surface area (Å²) in [6, 6.07) is 10.4. The average molecular weight is 470 g/mol. The molecule has 0 heterocycles. The Kier molecular flexibility index (Phi) is 6.53. The van der Waals surface area contributed by atoms with Gasteiger partial charge in [-0.15, -0.1) is 0 Å². The molecule has 0 aliphatic carbocycles. The van der Waals surface area contributed by atoms with Gasteiger partial charge in [0.05, 0.1) is 5.41 Å². The first-order valence-corrected chi connectivity index (χ1v) is 9.25. The number of hydrogen-bond acceptors (Lipinski definition) is 1. The summed E-state index contributed by atoms with van der Waals surface area (Å²) in [6.07, 6.45) is -9.21. The highest BCUT2D eigenvalue weighted by Gasteiger charge is 2.82. The maximum absolute atomic E-state index is 14.5. The van der Waals surface area contributed by atoms with Gasteiger partial charge in [0.15, 0.2) is 5.78 Å². The molecule has 2 aromatic carbocycles. The lowest BCUT2D eigenvalue weighted by molar-refractivity contribution is -0.397. The Balaban J connectivity index is 2.63. The van der Waals surface area contributed by atoms with E-state index in [9.17, 15) is 44.3 Å². The van der Waals surface area contributed by atoms with Crippen LogP contribution in [0.4, 0.5) is 39.5 Å². The Bertz CT molecular complexity index is 960. The lowest BCUT2D eigenvalue weighted by Gasteiger charge is -2.38. The van der Waals surface area contributed by atoms with Gasteiger partial charge in [-0.3, -0.25) is 4.79 Å². The minimum absolute atomic E-state index is 0.194. The minimum Gasteiger partial charge on any atom is -0.293 e. The van der Waals surface area contributed by atoms with E-state index in [0.717, 1.165) is 19.1 Å². The van der Waals surface area contributed by atoms with E-state index in [1.165, 1.54) is 36.4 Å². The van der Waals surface area contributed by atoms with Crippen molar-refractivity contribution in [3.05, 3.63) is 70.8 Å². The van der Waals surface area contributed by atoms with Crippen LogP contribution in [0.5, 0.6) is 0 Å². The molecule has 0 bridgehead atoms. The molecule has 0 amide bonds. The highest BCUT2D eigenvalue weighted by molar-refractivity contribution is 6.04. The lowest BCUT2D eigenvalue weighted by Crippen LogP contribution is -2.62. The summed E-state index contributed by atoms with van der Waals surface area (Å²) in [5.41, 5.74) is -1.68. The van der Waals surface area contributed by atoms with Gasteiger partial charge in [-0.05, 0) is 26.3 Å². The molecule has 2 aromatic rings. The summed E-state index contributed by atoms with van der Waals surface area (Å²) < 4.78 is 121. The zero-order valence-electron chi connectivity index (χ0n) is 17.1. The maximum atomic E-state index is 14.5. The molecule has 0 saturated heterocycles. The van der Waals surface area contributed by atoms with Crippen molar-refractivity contribution in [2.45, 2.75) is 56.6 Å². The van der Waals surface area contributed by atoms with Gasteiger partial charge in [-0.2, -0.15) is 39.5 Å². The van der Waals surface area contributed by atoms with Gasteiger partial charge in [0.25, 0.3) is 0 Å². The van der Waals surface area contributed by atoms with Crippen LogP contribution >= 0.6 is 0 Å². The molecule has 32 heavy (non-hydrogen) atoms. The normalized spacial score (nSPS) is 15.4. The molecule has 176 valence electrons. The predicted octanol–water partition coefficient (Wildman–Crippen LogP) is 7.30. The van der Waals surface area contributed by atoms with E-state index in [1.54, 1.807) is 13.8 Å². The molecule has 0 aliphatic rings. The summed E-state index contributed by atoms with van der Waals surface area (Å²) in [5.74, 6) is -20.9. The number of Topliss-reactive ketones (excluding diaryl/α,β-unsaturated/α-hetero) is 1. The molecular weight excluding hydrogens is 451 g/mol. The molecule has 0 aliphatic heterocycles. The van der Waals surface area contributed by atoms with Crippen LogP contribution in [-0.2, 0) is 5.41 Å². The smallest absolute Gasteiger partial charge is 0.293 e. The van der Waals surface area contributed by atoms with Crippen LogP contribution in [0, 0.1) is 13.8 Å². The molecule has 0 fully saturated rings. The Morgan fingerprint density at radius 2 is 1.09 bits per heavy atom. The van der Waals surface area contributed by atoms with E-state index < -0.39 is 41.6 Å². The van der Waals surface area contributed by atoms with E-state index in [0.29, 0.717) is 11.1 Å². The molecule has 1 unspecified atom stereocenters. The van der Waals surface area contributed by atoms with Crippen LogP contribution < -0.4 is 0 Å². The third kappa shape index (κ3) is 4.36. The first-order chi connectivity index (χ1) is 14.4. The van der Waals surface area contributed by atoms with Crippen molar-refractivity contribution >= 4 is 5.78 Å². The molecular formula is C22H19F9O. The van der Waals surface area contributed by atoms with Gasteiger partial charge in [0, 0.05) is 12.0 Å². The quantitative estimate of drug-likeness (QED) is 0.307. The second-order valence-electron chi connectivity index (χ2n) is 7.92. The van der Waals surface area contributed by atoms with E-state index in [2.05, 4.69) is 0 Å². The second kappa shape index (κ2) is 8.12.